The van der Waals surface area contributed by atoms with Crippen molar-refractivity contribution < 1.29 is 22.0 Å². The molecule has 2 rings (SSSR count). The van der Waals surface area contributed by atoms with Gasteiger partial charge in [-0.2, -0.15) is 8.78 Å². The second-order valence-corrected chi connectivity index (χ2v) is 4.52. The van der Waals surface area contributed by atoms with E-state index in [1.165, 1.54) is 0 Å². The number of alkyl halides is 4. The first-order valence-electron chi connectivity index (χ1n) is 6.31. The number of rotatable bonds is 6. The maximum atomic E-state index is 12.8. The summed E-state index contributed by atoms with van der Waals surface area (Å²) in [6.07, 6.45) is -3.06. The van der Waals surface area contributed by atoms with Crippen LogP contribution in [0.15, 0.2) is 28.7 Å². The van der Waals surface area contributed by atoms with Gasteiger partial charge in [0.15, 0.2) is 0 Å². The third-order valence-corrected chi connectivity index (χ3v) is 3.08. The van der Waals surface area contributed by atoms with E-state index in [1.54, 1.807) is 6.07 Å². The van der Waals surface area contributed by atoms with Gasteiger partial charge in [0.1, 0.15) is 11.3 Å². The lowest BCUT2D eigenvalue weighted by atomic mass is 10.1. The summed E-state index contributed by atoms with van der Waals surface area (Å²) in [5.41, 5.74) is 1.41. The van der Waals surface area contributed by atoms with Crippen LogP contribution in [-0.2, 0) is 13.0 Å². The van der Waals surface area contributed by atoms with Gasteiger partial charge in [0.25, 0.3) is 0 Å². The molecule has 0 amide bonds. The molecule has 0 saturated heterocycles. The van der Waals surface area contributed by atoms with Crippen molar-refractivity contribution >= 4 is 11.0 Å². The molecule has 0 bridgehead atoms. The van der Waals surface area contributed by atoms with Crippen LogP contribution >= 0.6 is 0 Å². The van der Waals surface area contributed by atoms with Crippen LogP contribution in [0, 0.1) is 0 Å². The van der Waals surface area contributed by atoms with E-state index in [0.29, 0.717) is 17.8 Å². The number of hydrogen-bond donors (Lipinski definition) is 1. The molecule has 2 aromatic rings. The normalized spacial score (nSPS) is 12.5. The SMILES string of the molecule is CCc1oc2ccccc2c1CNCC(F)(F)C(F)F. The Morgan fingerprint density at radius 1 is 1.25 bits per heavy atom. The van der Waals surface area contributed by atoms with E-state index in [0.717, 1.165) is 10.9 Å². The van der Waals surface area contributed by atoms with E-state index < -0.39 is 18.9 Å². The standard InChI is InChI=1S/C14H15F4NO/c1-2-11-10(7-19-8-14(17,18)13(15)16)9-5-3-4-6-12(9)20-11/h3-6,13,19H,2,7-8H2,1H3. The van der Waals surface area contributed by atoms with E-state index in [9.17, 15) is 17.6 Å². The number of halogens is 4. The number of furan rings is 1. The highest BCUT2D eigenvalue weighted by Gasteiger charge is 2.40. The largest absolute Gasteiger partial charge is 0.461 e. The third kappa shape index (κ3) is 2.95. The van der Waals surface area contributed by atoms with Crippen LogP contribution in [0.25, 0.3) is 11.0 Å². The third-order valence-electron chi connectivity index (χ3n) is 3.08. The first-order valence-corrected chi connectivity index (χ1v) is 6.31. The summed E-state index contributed by atoms with van der Waals surface area (Å²) in [7, 11) is 0. The summed E-state index contributed by atoms with van der Waals surface area (Å²) in [5, 5.41) is 3.20. The highest BCUT2D eigenvalue weighted by Crippen LogP contribution is 2.27. The van der Waals surface area contributed by atoms with E-state index in [-0.39, 0.29) is 6.54 Å². The fraction of sp³-hybridized carbons (Fsp3) is 0.429. The Kier molecular flexibility index (Phi) is 4.32. The van der Waals surface area contributed by atoms with Crippen molar-refractivity contribution in [3.63, 3.8) is 0 Å². The van der Waals surface area contributed by atoms with Crippen molar-refractivity contribution in [3.05, 3.63) is 35.6 Å². The molecule has 1 aromatic carbocycles. The molecule has 6 heteroatoms. The van der Waals surface area contributed by atoms with Crippen molar-refractivity contribution in [2.75, 3.05) is 6.54 Å². The number of fused-ring (bicyclic) bond motifs is 1. The maximum Gasteiger partial charge on any atom is 0.319 e. The summed E-state index contributed by atoms with van der Waals surface area (Å²) in [5.74, 6) is -3.34. The molecule has 2 nitrogen and oxygen atoms in total. The van der Waals surface area contributed by atoms with Gasteiger partial charge in [0, 0.05) is 23.9 Å². The van der Waals surface area contributed by atoms with Gasteiger partial charge in [0.2, 0.25) is 0 Å². The molecule has 1 N–H and O–H groups in total. The van der Waals surface area contributed by atoms with Crippen LogP contribution in [0.3, 0.4) is 0 Å². The predicted octanol–water partition coefficient (Wildman–Crippen LogP) is 3.99. The summed E-state index contributed by atoms with van der Waals surface area (Å²) in [4.78, 5) is 0. The molecule has 0 aliphatic rings. The average Bonchev–Trinajstić information content (AvgIpc) is 2.77. The molecule has 1 heterocycles. The van der Waals surface area contributed by atoms with Crippen LogP contribution in [0.2, 0.25) is 0 Å². The Bertz CT molecular complexity index is 580. The lowest BCUT2D eigenvalue weighted by Crippen LogP contribution is -2.38. The van der Waals surface area contributed by atoms with Gasteiger partial charge in [-0.15, -0.1) is 0 Å². The molecule has 0 atom stereocenters. The molecule has 0 aliphatic carbocycles. The Hall–Kier alpha value is -1.56. The van der Waals surface area contributed by atoms with E-state index >= 15 is 0 Å². The van der Waals surface area contributed by atoms with Crippen molar-refractivity contribution in [1.29, 1.82) is 0 Å². The first kappa shape index (κ1) is 14.8. The molecular formula is C14H15F4NO. The second-order valence-electron chi connectivity index (χ2n) is 4.52. The number of aryl methyl sites for hydroxylation is 1. The molecule has 110 valence electrons. The summed E-state index contributed by atoms with van der Waals surface area (Å²) < 4.78 is 55.4. The Morgan fingerprint density at radius 3 is 2.60 bits per heavy atom. The molecule has 0 aliphatic heterocycles. The molecule has 0 fully saturated rings. The Morgan fingerprint density at radius 2 is 1.95 bits per heavy atom. The lowest BCUT2D eigenvalue weighted by Gasteiger charge is -2.15. The van der Waals surface area contributed by atoms with Crippen molar-refractivity contribution in [3.8, 4) is 0 Å². The highest BCUT2D eigenvalue weighted by molar-refractivity contribution is 5.82. The zero-order valence-electron chi connectivity index (χ0n) is 10.9. The maximum absolute atomic E-state index is 12.8. The zero-order chi connectivity index (χ0) is 14.8. The average molecular weight is 289 g/mol. The summed E-state index contributed by atoms with van der Waals surface area (Å²) in [6, 6.07) is 7.23. The van der Waals surface area contributed by atoms with Gasteiger partial charge in [-0.05, 0) is 6.07 Å². The lowest BCUT2D eigenvalue weighted by molar-refractivity contribution is -0.125. The van der Waals surface area contributed by atoms with Crippen LogP contribution in [0.5, 0.6) is 0 Å². The smallest absolute Gasteiger partial charge is 0.319 e. The van der Waals surface area contributed by atoms with Gasteiger partial charge in [-0.3, -0.25) is 0 Å². The van der Waals surface area contributed by atoms with Crippen LogP contribution < -0.4 is 5.32 Å². The number of benzene rings is 1. The molecular weight excluding hydrogens is 274 g/mol. The Labute approximate surface area is 113 Å². The summed E-state index contributed by atoms with van der Waals surface area (Å²) >= 11 is 0. The minimum absolute atomic E-state index is 0.0719. The van der Waals surface area contributed by atoms with Crippen LogP contribution in [-0.4, -0.2) is 18.9 Å². The van der Waals surface area contributed by atoms with Gasteiger partial charge in [0.05, 0.1) is 6.54 Å². The minimum atomic E-state index is -4.02. The quantitative estimate of drug-likeness (QED) is 0.814. The number of nitrogens with one attached hydrogen (secondary N) is 1. The van der Waals surface area contributed by atoms with Gasteiger partial charge < -0.3 is 9.73 Å². The predicted molar refractivity (Wildman–Crippen MR) is 68.2 cm³/mol. The number of para-hydroxylation sites is 1. The van der Waals surface area contributed by atoms with Crippen molar-refractivity contribution in [1.82, 2.24) is 5.32 Å². The van der Waals surface area contributed by atoms with Crippen molar-refractivity contribution in [2.24, 2.45) is 0 Å². The molecule has 0 unspecified atom stereocenters. The van der Waals surface area contributed by atoms with Gasteiger partial charge in [-0.1, -0.05) is 25.1 Å². The van der Waals surface area contributed by atoms with E-state index in [1.807, 2.05) is 25.1 Å². The molecule has 20 heavy (non-hydrogen) atoms. The first-order chi connectivity index (χ1) is 9.45. The van der Waals surface area contributed by atoms with Crippen molar-refractivity contribution in [2.45, 2.75) is 32.2 Å². The van der Waals surface area contributed by atoms with Crippen LogP contribution in [0.4, 0.5) is 17.6 Å². The Balaban J connectivity index is 2.13. The fourth-order valence-electron chi connectivity index (χ4n) is 2.06. The topological polar surface area (TPSA) is 25.2 Å². The van der Waals surface area contributed by atoms with Gasteiger partial charge in [-0.25, -0.2) is 8.78 Å². The molecule has 1 aromatic heterocycles. The fourth-order valence-corrected chi connectivity index (χ4v) is 2.06. The summed E-state index contributed by atoms with van der Waals surface area (Å²) in [6.45, 7) is 0.894. The highest BCUT2D eigenvalue weighted by atomic mass is 19.3. The van der Waals surface area contributed by atoms with Gasteiger partial charge >= 0.3 is 12.3 Å². The zero-order valence-corrected chi connectivity index (χ0v) is 10.9. The monoisotopic (exact) mass is 289 g/mol. The molecule has 0 saturated carbocycles. The molecule has 0 spiro atoms. The van der Waals surface area contributed by atoms with E-state index in [4.69, 9.17) is 4.42 Å². The second kappa shape index (κ2) is 5.83. The minimum Gasteiger partial charge on any atom is -0.461 e. The molecule has 0 radical (unpaired) electrons. The van der Waals surface area contributed by atoms with E-state index in [2.05, 4.69) is 5.32 Å². The van der Waals surface area contributed by atoms with Crippen LogP contribution in [0.1, 0.15) is 18.2 Å². The number of hydrogen-bond acceptors (Lipinski definition) is 2.